The Balaban J connectivity index is 1.91. The number of anilines is 1. The first-order valence-corrected chi connectivity index (χ1v) is 6.99. The zero-order chi connectivity index (χ0) is 13.4. The molecule has 0 unspecified atom stereocenters. The highest BCUT2D eigenvalue weighted by Gasteiger charge is 2.26. The van der Waals surface area contributed by atoms with Crippen molar-refractivity contribution in [2.75, 3.05) is 11.4 Å². The first-order chi connectivity index (χ1) is 9.16. The lowest BCUT2D eigenvalue weighted by atomic mass is 10.2. The number of ketones is 1. The minimum absolute atomic E-state index is 0.00544. The Morgan fingerprint density at radius 3 is 2.58 bits per heavy atom. The Kier molecular flexibility index (Phi) is 2.95. The topological polar surface area (TPSA) is 37.4 Å². The molecule has 0 atom stereocenters. The van der Waals surface area contributed by atoms with Gasteiger partial charge in [-0.2, -0.15) is 0 Å². The third kappa shape index (κ3) is 2.08. The van der Waals surface area contributed by atoms with Gasteiger partial charge in [0, 0.05) is 12.2 Å². The predicted molar refractivity (Wildman–Crippen MR) is 76.1 cm³/mol. The van der Waals surface area contributed by atoms with Crippen molar-refractivity contribution in [2.24, 2.45) is 0 Å². The number of carbonyl (C=O) groups excluding carboxylic acids is 2. The minimum Gasteiger partial charge on any atom is -0.307 e. The molecule has 0 aliphatic carbocycles. The summed E-state index contributed by atoms with van der Waals surface area (Å²) < 4.78 is 0. The van der Waals surface area contributed by atoms with Gasteiger partial charge in [-0.15, -0.1) is 11.3 Å². The van der Waals surface area contributed by atoms with Crippen LogP contribution in [0, 0.1) is 0 Å². The molecule has 1 aliphatic heterocycles. The van der Waals surface area contributed by atoms with Crippen LogP contribution in [0.25, 0.3) is 0 Å². The summed E-state index contributed by atoms with van der Waals surface area (Å²) in [5.41, 5.74) is 2.20. The second-order valence-corrected chi connectivity index (χ2v) is 5.64. The zero-order valence-electron chi connectivity index (χ0n) is 10.6. The van der Waals surface area contributed by atoms with E-state index in [-0.39, 0.29) is 11.7 Å². The molecule has 0 saturated carbocycles. The molecular formula is C15H13NO2S. The van der Waals surface area contributed by atoms with E-state index < -0.39 is 0 Å². The van der Waals surface area contributed by atoms with E-state index in [0.29, 0.717) is 16.3 Å². The fourth-order valence-corrected chi connectivity index (χ4v) is 3.17. The summed E-state index contributed by atoms with van der Waals surface area (Å²) in [6, 6.07) is 11.4. The largest absolute Gasteiger partial charge is 0.307 e. The summed E-state index contributed by atoms with van der Waals surface area (Å²) in [4.78, 5) is 26.8. The van der Waals surface area contributed by atoms with Crippen LogP contribution in [-0.2, 0) is 6.42 Å². The van der Waals surface area contributed by atoms with Crippen LogP contribution in [-0.4, -0.2) is 18.2 Å². The van der Waals surface area contributed by atoms with Gasteiger partial charge in [0.1, 0.15) is 0 Å². The van der Waals surface area contributed by atoms with Gasteiger partial charge < -0.3 is 4.90 Å². The van der Waals surface area contributed by atoms with Crippen molar-refractivity contribution < 1.29 is 9.59 Å². The number of thiophene rings is 1. The van der Waals surface area contributed by atoms with E-state index in [1.165, 1.54) is 23.8 Å². The SMILES string of the molecule is CC(=O)c1ccc(C(=O)N2CCc3ccccc32)s1. The van der Waals surface area contributed by atoms with Crippen molar-refractivity contribution in [3.05, 3.63) is 51.7 Å². The Morgan fingerprint density at radius 1 is 1.11 bits per heavy atom. The summed E-state index contributed by atoms with van der Waals surface area (Å²) in [6.07, 6.45) is 0.896. The first kappa shape index (κ1) is 12.1. The monoisotopic (exact) mass is 271 g/mol. The Labute approximate surface area is 115 Å². The van der Waals surface area contributed by atoms with Crippen LogP contribution >= 0.6 is 11.3 Å². The average molecular weight is 271 g/mol. The van der Waals surface area contributed by atoms with Crippen LogP contribution < -0.4 is 4.90 Å². The van der Waals surface area contributed by atoms with Crippen LogP contribution in [0.5, 0.6) is 0 Å². The van der Waals surface area contributed by atoms with Gasteiger partial charge in [0.05, 0.1) is 9.75 Å². The second-order valence-electron chi connectivity index (χ2n) is 4.56. The number of benzene rings is 1. The smallest absolute Gasteiger partial charge is 0.268 e. The molecule has 1 aliphatic rings. The molecule has 2 aromatic rings. The van der Waals surface area contributed by atoms with Gasteiger partial charge in [-0.3, -0.25) is 9.59 Å². The predicted octanol–water partition coefficient (Wildman–Crippen LogP) is 3.15. The summed E-state index contributed by atoms with van der Waals surface area (Å²) in [5.74, 6) is -0.00618. The minimum atomic E-state index is -0.0116. The standard InChI is InChI=1S/C15H13NO2S/c1-10(17)13-6-7-14(19-13)15(18)16-9-8-11-4-2-3-5-12(11)16/h2-7H,8-9H2,1H3. The molecule has 1 aromatic carbocycles. The summed E-state index contributed by atoms with van der Waals surface area (Å²) >= 11 is 1.27. The van der Waals surface area contributed by atoms with Crippen LogP contribution in [0.2, 0.25) is 0 Å². The molecule has 0 radical (unpaired) electrons. The maximum atomic E-state index is 12.5. The van der Waals surface area contributed by atoms with Crippen molar-refractivity contribution in [3.63, 3.8) is 0 Å². The third-order valence-electron chi connectivity index (χ3n) is 3.30. The molecule has 0 N–H and O–H groups in total. The molecule has 1 amide bonds. The van der Waals surface area contributed by atoms with Gasteiger partial charge >= 0.3 is 0 Å². The Bertz CT molecular complexity index is 660. The molecule has 0 spiro atoms. The molecule has 2 heterocycles. The lowest BCUT2D eigenvalue weighted by Gasteiger charge is -2.16. The van der Waals surface area contributed by atoms with Gasteiger partial charge in [0.25, 0.3) is 5.91 Å². The number of rotatable bonds is 2. The third-order valence-corrected chi connectivity index (χ3v) is 4.47. The van der Waals surface area contributed by atoms with Crippen LogP contribution in [0.15, 0.2) is 36.4 Å². The van der Waals surface area contributed by atoms with Crippen LogP contribution in [0.1, 0.15) is 31.8 Å². The average Bonchev–Trinajstić information content (AvgIpc) is 3.05. The number of hydrogen-bond donors (Lipinski definition) is 0. The second kappa shape index (κ2) is 4.63. The number of carbonyl (C=O) groups is 2. The number of hydrogen-bond acceptors (Lipinski definition) is 3. The highest BCUT2D eigenvalue weighted by Crippen LogP contribution is 2.30. The van der Waals surface area contributed by atoms with Crippen molar-refractivity contribution in [2.45, 2.75) is 13.3 Å². The lowest BCUT2D eigenvalue weighted by Crippen LogP contribution is -2.28. The number of para-hydroxylation sites is 1. The molecular weight excluding hydrogens is 258 g/mol. The van der Waals surface area contributed by atoms with E-state index in [2.05, 4.69) is 6.07 Å². The van der Waals surface area contributed by atoms with E-state index in [1.54, 1.807) is 17.0 Å². The van der Waals surface area contributed by atoms with Crippen molar-refractivity contribution in [1.82, 2.24) is 0 Å². The molecule has 3 rings (SSSR count). The van der Waals surface area contributed by atoms with Gasteiger partial charge in [0.2, 0.25) is 0 Å². The summed E-state index contributed by atoms with van der Waals surface area (Å²) in [7, 11) is 0. The lowest BCUT2D eigenvalue weighted by molar-refractivity contribution is 0.0991. The maximum Gasteiger partial charge on any atom is 0.268 e. The van der Waals surface area contributed by atoms with Gasteiger partial charge in [-0.1, -0.05) is 18.2 Å². The van der Waals surface area contributed by atoms with E-state index in [1.807, 2.05) is 18.2 Å². The van der Waals surface area contributed by atoms with E-state index in [0.717, 1.165) is 12.1 Å². The quantitative estimate of drug-likeness (QED) is 0.787. The van der Waals surface area contributed by atoms with Crippen molar-refractivity contribution >= 4 is 28.7 Å². The van der Waals surface area contributed by atoms with Gasteiger partial charge in [-0.05, 0) is 37.1 Å². The molecule has 96 valence electrons. The van der Waals surface area contributed by atoms with Crippen LogP contribution in [0.3, 0.4) is 0 Å². The molecule has 4 heteroatoms. The first-order valence-electron chi connectivity index (χ1n) is 6.17. The molecule has 0 bridgehead atoms. The van der Waals surface area contributed by atoms with Crippen LogP contribution in [0.4, 0.5) is 5.69 Å². The molecule has 0 fully saturated rings. The fourth-order valence-electron chi connectivity index (χ4n) is 2.32. The normalized spacial score (nSPS) is 13.4. The van der Waals surface area contributed by atoms with Crippen molar-refractivity contribution in [1.29, 1.82) is 0 Å². The van der Waals surface area contributed by atoms with E-state index >= 15 is 0 Å². The number of nitrogens with zero attached hydrogens (tertiary/aromatic N) is 1. The van der Waals surface area contributed by atoms with E-state index in [4.69, 9.17) is 0 Å². The summed E-state index contributed by atoms with van der Waals surface area (Å²) in [5, 5.41) is 0. The number of Topliss-reactive ketones (excluding diaryl/α,β-unsaturated/α-hetero) is 1. The highest BCUT2D eigenvalue weighted by molar-refractivity contribution is 7.16. The number of amides is 1. The van der Waals surface area contributed by atoms with Gasteiger partial charge in [-0.25, -0.2) is 0 Å². The zero-order valence-corrected chi connectivity index (χ0v) is 11.4. The van der Waals surface area contributed by atoms with E-state index in [9.17, 15) is 9.59 Å². The highest BCUT2D eigenvalue weighted by atomic mass is 32.1. The molecule has 0 saturated heterocycles. The molecule has 19 heavy (non-hydrogen) atoms. The molecule has 1 aromatic heterocycles. The van der Waals surface area contributed by atoms with Crippen molar-refractivity contribution in [3.8, 4) is 0 Å². The summed E-state index contributed by atoms with van der Waals surface area (Å²) in [6.45, 7) is 2.23. The Morgan fingerprint density at radius 2 is 1.84 bits per heavy atom. The number of fused-ring (bicyclic) bond motifs is 1. The maximum absolute atomic E-state index is 12.5. The molecule has 3 nitrogen and oxygen atoms in total. The fraction of sp³-hybridized carbons (Fsp3) is 0.200. The Hall–Kier alpha value is -1.94. The van der Waals surface area contributed by atoms with Gasteiger partial charge in [0.15, 0.2) is 5.78 Å².